The van der Waals surface area contributed by atoms with Crippen molar-refractivity contribution in [2.24, 2.45) is 0 Å². The Kier molecular flexibility index (Phi) is 4.51. The molecule has 3 rings (SSSR count). The topological polar surface area (TPSA) is 20.3 Å². The van der Waals surface area contributed by atoms with Crippen LogP contribution >= 0.6 is 23.4 Å². The first-order valence-corrected chi connectivity index (χ1v) is 8.35. The van der Waals surface area contributed by atoms with E-state index >= 15 is 0 Å². The first-order chi connectivity index (χ1) is 10.2. The van der Waals surface area contributed by atoms with Crippen LogP contribution in [0.15, 0.2) is 53.4 Å². The monoisotopic (exact) mass is 317 g/mol. The predicted octanol–water partition coefficient (Wildman–Crippen LogP) is 4.48. The van der Waals surface area contributed by atoms with E-state index in [4.69, 9.17) is 11.6 Å². The number of thioether (sulfide) groups is 1. The molecular formula is C17H16ClNOS. The minimum atomic E-state index is 0.146. The second kappa shape index (κ2) is 6.54. The molecule has 2 nitrogen and oxygen atoms in total. The molecule has 1 aliphatic rings. The van der Waals surface area contributed by atoms with Gasteiger partial charge in [-0.05, 0) is 48.4 Å². The third-order valence-corrected chi connectivity index (χ3v) is 4.86. The molecule has 108 valence electrons. The van der Waals surface area contributed by atoms with Crippen molar-refractivity contribution in [3.63, 3.8) is 0 Å². The molecule has 1 aliphatic heterocycles. The van der Waals surface area contributed by atoms with E-state index in [-0.39, 0.29) is 5.91 Å². The zero-order chi connectivity index (χ0) is 14.7. The number of halogens is 1. The van der Waals surface area contributed by atoms with Crippen LogP contribution in [0.1, 0.15) is 22.3 Å². The number of benzene rings is 2. The van der Waals surface area contributed by atoms with Gasteiger partial charge in [0, 0.05) is 34.3 Å². The van der Waals surface area contributed by atoms with Gasteiger partial charge in [0.05, 0.1) is 0 Å². The maximum atomic E-state index is 12.1. The Balaban J connectivity index is 1.60. The van der Waals surface area contributed by atoms with E-state index in [0.29, 0.717) is 0 Å². The fourth-order valence-corrected chi connectivity index (χ4v) is 3.24. The van der Waals surface area contributed by atoms with Crippen LogP contribution in [0, 0.1) is 0 Å². The molecule has 1 saturated heterocycles. The first-order valence-electron chi connectivity index (χ1n) is 6.99. The number of carbonyl (C=O) groups excluding carboxylic acids is 1. The number of hydrogen-bond donors (Lipinski definition) is 0. The van der Waals surface area contributed by atoms with E-state index in [1.165, 1.54) is 5.56 Å². The van der Waals surface area contributed by atoms with Gasteiger partial charge in [-0.1, -0.05) is 23.7 Å². The zero-order valence-electron chi connectivity index (χ0n) is 11.6. The van der Waals surface area contributed by atoms with Gasteiger partial charge >= 0.3 is 0 Å². The number of nitrogens with zero attached hydrogens (tertiary/aromatic N) is 1. The van der Waals surface area contributed by atoms with Gasteiger partial charge in [-0.2, -0.15) is 0 Å². The third kappa shape index (κ3) is 3.60. The van der Waals surface area contributed by atoms with Gasteiger partial charge in [0.2, 0.25) is 0 Å². The number of likely N-dealkylation sites (tertiary alicyclic amines) is 1. The minimum Gasteiger partial charge on any atom is -0.339 e. The van der Waals surface area contributed by atoms with E-state index in [0.717, 1.165) is 40.7 Å². The number of amides is 1. The lowest BCUT2D eigenvalue weighted by Gasteiger charge is -2.30. The van der Waals surface area contributed by atoms with Crippen LogP contribution in [0.4, 0.5) is 0 Å². The van der Waals surface area contributed by atoms with Gasteiger partial charge in [-0.15, -0.1) is 11.8 Å². The molecule has 2 aromatic rings. The zero-order valence-corrected chi connectivity index (χ0v) is 13.2. The summed E-state index contributed by atoms with van der Waals surface area (Å²) in [5.41, 5.74) is 1.98. The predicted molar refractivity (Wildman–Crippen MR) is 88.0 cm³/mol. The van der Waals surface area contributed by atoms with E-state index in [1.807, 2.05) is 47.4 Å². The molecule has 1 fully saturated rings. The highest BCUT2D eigenvalue weighted by atomic mass is 35.5. The molecule has 0 N–H and O–H groups in total. The lowest BCUT2D eigenvalue weighted by molar-refractivity contribution is 0.0652. The molecule has 1 heterocycles. The minimum absolute atomic E-state index is 0.146. The van der Waals surface area contributed by atoms with E-state index < -0.39 is 0 Å². The number of hydrogen-bond acceptors (Lipinski definition) is 2. The summed E-state index contributed by atoms with van der Waals surface area (Å²) in [6.07, 6.45) is 1.12. The van der Waals surface area contributed by atoms with Crippen molar-refractivity contribution in [2.45, 2.75) is 17.1 Å². The third-order valence-electron chi connectivity index (χ3n) is 3.54. The van der Waals surface area contributed by atoms with Crippen LogP contribution in [-0.4, -0.2) is 23.9 Å². The Bertz CT molecular complexity index is 637. The molecule has 4 heteroatoms. The molecule has 0 atom stereocenters. The van der Waals surface area contributed by atoms with Gasteiger partial charge in [-0.3, -0.25) is 4.79 Å². The smallest absolute Gasteiger partial charge is 0.253 e. The van der Waals surface area contributed by atoms with E-state index in [1.54, 1.807) is 11.8 Å². The van der Waals surface area contributed by atoms with Gasteiger partial charge in [-0.25, -0.2) is 0 Å². The molecule has 0 aliphatic carbocycles. The van der Waals surface area contributed by atoms with E-state index in [9.17, 15) is 4.79 Å². The summed E-state index contributed by atoms with van der Waals surface area (Å²) in [5.74, 6) is 1.02. The summed E-state index contributed by atoms with van der Waals surface area (Å²) in [6, 6.07) is 15.8. The molecule has 2 aromatic carbocycles. The van der Waals surface area contributed by atoms with Crippen LogP contribution < -0.4 is 0 Å². The van der Waals surface area contributed by atoms with Crippen molar-refractivity contribution in [1.82, 2.24) is 4.90 Å². The highest BCUT2D eigenvalue weighted by Crippen LogP contribution is 2.25. The second-order valence-corrected chi connectivity index (χ2v) is 6.57. The van der Waals surface area contributed by atoms with Gasteiger partial charge in [0.1, 0.15) is 0 Å². The Morgan fingerprint density at radius 2 is 1.90 bits per heavy atom. The summed E-state index contributed by atoms with van der Waals surface area (Å²) in [6.45, 7) is 1.79. The first kappa shape index (κ1) is 14.5. The summed E-state index contributed by atoms with van der Waals surface area (Å²) in [5, 5.41) is 0.767. The molecule has 0 bridgehead atoms. The molecule has 0 saturated carbocycles. The van der Waals surface area contributed by atoms with Crippen molar-refractivity contribution in [2.75, 3.05) is 13.1 Å². The summed E-state index contributed by atoms with van der Waals surface area (Å²) < 4.78 is 0. The van der Waals surface area contributed by atoms with Crippen LogP contribution in [0.25, 0.3) is 0 Å². The fraction of sp³-hybridized carbons (Fsp3) is 0.235. The number of rotatable bonds is 4. The van der Waals surface area contributed by atoms with Gasteiger partial charge in [0.15, 0.2) is 0 Å². The van der Waals surface area contributed by atoms with Gasteiger partial charge in [0.25, 0.3) is 5.91 Å². The molecule has 0 aromatic heterocycles. The van der Waals surface area contributed by atoms with Crippen LogP contribution in [0.3, 0.4) is 0 Å². The van der Waals surface area contributed by atoms with Crippen molar-refractivity contribution < 1.29 is 4.79 Å². The van der Waals surface area contributed by atoms with Crippen LogP contribution in [0.2, 0.25) is 5.02 Å². The molecule has 1 amide bonds. The highest BCUT2D eigenvalue weighted by Gasteiger charge is 2.21. The molecule has 0 radical (unpaired) electrons. The Morgan fingerprint density at radius 3 is 2.52 bits per heavy atom. The average molecular weight is 318 g/mol. The second-order valence-electron chi connectivity index (χ2n) is 5.09. The molecule has 21 heavy (non-hydrogen) atoms. The fourth-order valence-electron chi connectivity index (χ4n) is 2.19. The van der Waals surface area contributed by atoms with E-state index in [2.05, 4.69) is 6.07 Å². The van der Waals surface area contributed by atoms with Crippen molar-refractivity contribution in [1.29, 1.82) is 0 Å². The quantitative estimate of drug-likeness (QED) is 0.775. The maximum absolute atomic E-state index is 12.1. The number of carbonyl (C=O) groups is 1. The van der Waals surface area contributed by atoms with Gasteiger partial charge < -0.3 is 4.90 Å². The van der Waals surface area contributed by atoms with Crippen molar-refractivity contribution in [3.05, 3.63) is 64.7 Å². The highest BCUT2D eigenvalue weighted by molar-refractivity contribution is 7.98. The van der Waals surface area contributed by atoms with Crippen LogP contribution in [0.5, 0.6) is 0 Å². The SMILES string of the molecule is O=C(c1ccc(SCc2cccc(Cl)c2)cc1)N1CCC1. The van der Waals surface area contributed by atoms with Crippen LogP contribution in [-0.2, 0) is 5.75 Å². The Labute approximate surface area is 134 Å². The molecular weight excluding hydrogens is 302 g/mol. The van der Waals surface area contributed by atoms with Crippen molar-refractivity contribution in [3.8, 4) is 0 Å². The summed E-state index contributed by atoms with van der Waals surface area (Å²) in [7, 11) is 0. The molecule has 0 spiro atoms. The average Bonchev–Trinajstić information content (AvgIpc) is 2.44. The summed E-state index contributed by atoms with van der Waals surface area (Å²) in [4.78, 5) is 15.1. The normalized spacial score (nSPS) is 13.9. The molecule has 0 unspecified atom stereocenters. The lowest BCUT2D eigenvalue weighted by atomic mass is 10.1. The largest absolute Gasteiger partial charge is 0.339 e. The van der Waals surface area contributed by atoms with Crippen molar-refractivity contribution >= 4 is 29.3 Å². The Morgan fingerprint density at radius 1 is 1.14 bits per heavy atom. The standard InChI is InChI=1S/C17H16ClNOS/c18-15-4-1-3-13(11-15)12-21-16-7-5-14(6-8-16)17(20)19-9-2-10-19/h1,3-8,11H,2,9-10,12H2. The Hall–Kier alpha value is -1.45. The summed E-state index contributed by atoms with van der Waals surface area (Å²) >= 11 is 7.73. The maximum Gasteiger partial charge on any atom is 0.253 e. The lowest BCUT2D eigenvalue weighted by Crippen LogP contribution is -2.41.